The molecule has 2 aromatic rings. The third-order valence-corrected chi connectivity index (χ3v) is 2.38. The summed E-state index contributed by atoms with van der Waals surface area (Å²) in [6.45, 7) is 0. The van der Waals surface area contributed by atoms with E-state index < -0.39 is 5.82 Å². The number of hydrazine groups is 1. The normalized spacial score (nSPS) is 10.0. The maximum Gasteiger partial charge on any atom is 0.260 e. The fraction of sp³-hybridized carbons (Fsp3) is 0.167. The third-order valence-electron chi connectivity index (χ3n) is 2.38. The van der Waals surface area contributed by atoms with Gasteiger partial charge in [-0.3, -0.25) is 5.43 Å². The zero-order valence-electron chi connectivity index (χ0n) is 10.9. The van der Waals surface area contributed by atoms with Crippen molar-refractivity contribution in [3.05, 3.63) is 30.2 Å². The lowest BCUT2D eigenvalue weighted by atomic mass is 10.3. The largest absolute Gasteiger partial charge is 0.496 e. The van der Waals surface area contributed by atoms with Gasteiger partial charge in [0.1, 0.15) is 17.2 Å². The second-order valence-electron chi connectivity index (χ2n) is 3.64. The fourth-order valence-electron chi connectivity index (χ4n) is 1.44. The van der Waals surface area contributed by atoms with Gasteiger partial charge in [0.15, 0.2) is 0 Å². The monoisotopic (exact) mass is 280 g/mol. The Bertz CT molecular complexity index is 587. The molecule has 0 unspecified atom stereocenters. The van der Waals surface area contributed by atoms with Gasteiger partial charge in [-0.2, -0.15) is 9.37 Å². The van der Waals surface area contributed by atoms with Crippen molar-refractivity contribution in [1.82, 2.24) is 9.97 Å². The SMILES string of the molecule is COc1cc(OC)cc(Oc2nc(NN)ncc2F)c1. The molecule has 7 nitrogen and oxygen atoms in total. The van der Waals surface area contributed by atoms with E-state index in [1.165, 1.54) is 14.2 Å². The van der Waals surface area contributed by atoms with Gasteiger partial charge in [0.2, 0.25) is 11.8 Å². The number of nitrogens with one attached hydrogen (secondary N) is 1. The minimum atomic E-state index is -0.717. The van der Waals surface area contributed by atoms with Gasteiger partial charge >= 0.3 is 0 Å². The van der Waals surface area contributed by atoms with Crippen LogP contribution in [-0.2, 0) is 0 Å². The van der Waals surface area contributed by atoms with Crippen LogP contribution in [0.5, 0.6) is 23.1 Å². The minimum Gasteiger partial charge on any atom is -0.496 e. The Balaban J connectivity index is 2.33. The Morgan fingerprint density at radius 2 is 1.70 bits per heavy atom. The number of benzene rings is 1. The topological polar surface area (TPSA) is 91.5 Å². The van der Waals surface area contributed by atoms with Crippen LogP contribution in [-0.4, -0.2) is 24.2 Å². The summed E-state index contributed by atoms with van der Waals surface area (Å²) < 4.78 is 29.1. The molecule has 0 spiro atoms. The fourth-order valence-corrected chi connectivity index (χ4v) is 1.44. The lowest BCUT2D eigenvalue weighted by molar-refractivity contribution is 0.379. The van der Waals surface area contributed by atoms with E-state index in [4.69, 9.17) is 20.1 Å². The molecule has 8 heteroatoms. The summed E-state index contributed by atoms with van der Waals surface area (Å²) in [5.74, 6) is 5.54. The standard InChI is InChI=1S/C12H13FN4O3/c1-18-7-3-8(19-2)5-9(4-7)20-11-10(13)6-15-12(16-11)17-14/h3-6H,14H2,1-2H3,(H,15,16,17). The zero-order valence-corrected chi connectivity index (χ0v) is 10.9. The molecule has 0 saturated heterocycles. The lowest BCUT2D eigenvalue weighted by Gasteiger charge is -2.10. The van der Waals surface area contributed by atoms with Crippen molar-refractivity contribution in [2.75, 3.05) is 19.6 Å². The molecular weight excluding hydrogens is 267 g/mol. The third kappa shape index (κ3) is 3.04. The average molecular weight is 280 g/mol. The first kappa shape index (κ1) is 13.8. The molecule has 106 valence electrons. The van der Waals surface area contributed by atoms with Crippen molar-refractivity contribution in [2.45, 2.75) is 0 Å². The first-order valence-electron chi connectivity index (χ1n) is 5.56. The Hall–Kier alpha value is -2.61. The van der Waals surface area contributed by atoms with E-state index >= 15 is 0 Å². The Morgan fingerprint density at radius 1 is 1.10 bits per heavy atom. The summed E-state index contributed by atoms with van der Waals surface area (Å²) in [4.78, 5) is 7.39. The summed E-state index contributed by atoms with van der Waals surface area (Å²) in [6.07, 6.45) is 0.953. The van der Waals surface area contributed by atoms with Gasteiger partial charge in [-0.25, -0.2) is 10.8 Å². The maximum absolute atomic E-state index is 13.6. The number of methoxy groups -OCH3 is 2. The summed E-state index contributed by atoms with van der Waals surface area (Å²) in [7, 11) is 3.00. The van der Waals surface area contributed by atoms with Crippen LogP contribution in [0.4, 0.5) is 10.3 Å². The smallest absolute Gasteiger partial charge is 0.260 e. The van der Waals surface area contributed by atoms with E-state index in [9.17, 15) is 4.39 Å². The Kier molecular flexibility index (Phi) is 4.16. The summed E-state index contributed by atoms with van der Waals surface area (Å²) in [6, 6.07) is 4.80. The van der Waals surface area contributed by atoms with Crippen molar-refractivity contribution in [3.8, 4) is 23.1 Å². The van der Waals surface area contributed by atoms with E-state index in [0.29, 0.717) is 17.2 Å². The molecule has 20 heavy (non-hydrogen) atoms. The number of halogens is 1. The Labute approximate surface area is 114 Å². The molecule has 0 aliphatic heterocycles. The van der Waals surface area contributed by atoms with Gasteiger partial charge < -0.3 is 14.2 Å². The highest BCUT2D eigenvalue weighted by molar-refractivity contribution is 5.43. The van der Waals surface area contributed by atoms with Crippen LogP contribution in [0.3, 0.4) is 0 Å². The number of hydrogen-bond donors (Lipinski definition) is 2. The number of aromatic nitrogens is 2. The van der Waals surface area contributed by atoms with Gasteiger partial charge in [-0.05, 0) is 0 Å². The number of nitrogen functional groups attached to an aromatic ring is 1. The highest BCUT2D eigenvalue weighted by atomic mass is 19.1. The number of nitrogens with zero attached hydrogens (tertiary/aromatic N) is 2. The predicted octanol–water partition coefficient (Wildman–Crippen LogP) is 1.71. The van der Waals surface area contributed by atoms with Crippen LogP contribution in [0, 0.1) is 5.82 Å². The minimum absolute atomic E-state index is 0.0382. The second kappa shape index (κ2) is 6.02. The van der Waals surface area contributed by atoms with Crippen LogP contribution >= 0.6 is 0 Å². The van der Waals surface area contributed by atoms with Gasteiger partial charge in [0, 0.05) is 18.2 Å². The molecule has 0 bridgehead atoms. The highest BCUT2D eigenvalue weighted by Crippen LogP contribution is 2.31. The van der Waals surface area contributed by atoms with Gasteiger partial charge in [-0.15, -0.1) is 0 Å². The van der Waals surface area contributed by atoms with Gasteiger partial charge in [-0.1, -0.05) is 0 Å². The van der Waals surface area contributed by atoms with Crippen molar-refractivity contribution in [3.63, 3.8) is 0 Å². The van der Waals surface area contributed by atoms with Crippen molar-refractivity contribution in [1.29, 1.82) is 0 Å². The van der Waals surface area contributed by atoms with Crippen molar-refractivity contribution in [2.24, 2.45) is 5.84 Å². The number of rotatable bonds is 5. The van der Waals surface area contributed by atoms with Crippen LogP contribution < -0.4 is 25.5 Å². The first-order chi connectivity index (χ1) is 9.66. The van der Waals surface area contributed by atoms with Crippen LogP contribution in [0.15, 0.2) is 24.4 Å². The first-order valence-corrected chi connectivity index (χ1v) is 5.56. The molecule has 3 N–H and O–H groups in total. The van der Waals surface area contributed by atoms with E-state index in [0.717, 1.165) is 6.20 Å². The molecule has 1 aromatic carbocycles. The molecule has 1 aromatic heterocycles. The van der Waals surface area contributed by atoms with Crippen molar-refractivity contribution >= 4 is 5.95 Å². The molecule has 0 amide bonds. The zero-order chi connectivity index (χ0) is 14.5. The lowest BCUT2D eigenvalue weighted by Crippen LogP contribution is -2.11. The molecule has 2 rings (SSSR count). The molecular formula is C12H13FN4O3. The Morgan fingerprint density at radius 3 is 2.25 bits per heavy atom. The van der Waals surface area contributed by atoms with Crippen LogP contribution in [0.2, 0.25) is 0 Å². The van der Waals surface area contributed by atoms with Gasteiger partial charge in [0.05, 0.1) is 20.4 Å². The molecule has 0 aliphatic rings. The quantitative estimate of drug-likeness (QED) is 0.636. The van der Waals surface area contributed by atoms with E-state index in [1.807, 2.05) is 0 Å². The number of hydrogen-bond acceptors (Lipinski definition) is 7. The highest BCUT2D eigenvalue weighted by Gasteiger charge is 2.11. The molecule has 0 radical (unpaired) electrons. The summed E-state index contributed by atoms with van der Waals surface area (Å²) in [5, 5.41) is 0. The van der Waals surface area contributed by atoms with E-state index in [-0.39, 0.29) is 11.8 Å². The van der Waals surface area contributed by atoms with Gasteiger partial charge in [0.25, 0.3) is 5.88 Å². The van der Waals surface area contributed by atoms with Crippen molar-refractivity contribution < 1.29 is 18.6 Å². The predicted molar refractivity (Wildman–Crippen MR) is 69.4 cm³/mol. The molecule has 0 saturated carbocycles. The molecule has 1 heterocycles. The number of anilines is 1. The second-order valence-corrected chi connectivity index (χ2v) is 3.64. The average Bonchev–Trinajstić information content (AvgIpc) is 2.49. The van der Waals surface area contributed by atoms with Crippen LogP contribution in [0.1, 0.15) is 0 Å². The number of nitrogens with two attached hydrogens (primary N) is 1. The molecule has 0 fully saturated rings. The maximum atomic E-state index is 13.6. The van der Waals surface area contributed by atoms with E-state index in [1.54, 1.807) is 18.2 Å². The number of ether oxygens (including phenoxy) is 3. The molecule has 0 aliphatic carbocycles. The summed E-state index contributed by atoms with van der Waals surface area (Å²) in [5.41, 5.74) is 2.21. The molecule has 0 atom stereocenters. The van der Waals surface area contributed by atoms with Crippen LogP contribution in [0.25, 0.3) is 0 Å². The van der Waals surface area contributed by atoms with E-state index in [2.05, 4.69) is 15.4 Å². The summed E-state index contributed by atoms with van der Waals surface area (Å²) >= 11 is 0.